The van der Waals surface area contributed by atoms with Crippen LogP contribution in [0.3, 0.4) is 0 Å². The minimum atomic E-state index is -0.549. The molecule has 0 saturated heterocycles. The molecule has 21 heavy (non-hydrogen) atoms. The first-order valence-corrected chi connectivity index (χ1v) is 6.21. The standard InChI is InChI=1S/C15H13N3O3/c1-11-4-2-5-12(8-11)10-16-17-15(19)13-6-3-7-14(9-13)18(20)21/h2-10H,1H3,(H,17,19). The smallest absolute Gasteiger partial charge is 0.267 e. The van der Waals surface area contributed by atoms with E-state index in [1.807, 2.05) is 31.2 Å². The SMILES string of the molecule is Cc1cccc(C=NNC(=O)c2cccc([N+](=O)[O-])c2)c1. The van der Waals surface area contributed by atoms with Gasteiger partial charge in [0.15, 0.2) is 0 Å². The Labute approximate surface area is 121 Å². The predicted molar refractivity (Wildman–Crippen MR) is 79.3 cm³/mol. The molecule has 6 nitrogen and oxygen atoms in total. The largest absolute Gasteiger partial charge is 0.271 e. The summed E-state index contributed by atoms with van der Waals surface area (Å²) in [6.07, 6.45) is 1.52. The molecule has 1 amide bonds. The van der Waals surface area contributed by atoms with E-state index in [0.717, 1.165) is 11.1 Å². The second-order valence-electron chi connectivity index (χ2n) is 4.42. The minimum Gasteiger partial charge on any atom is -0.267 e. The Morgan fingerprint density at radius 3 is 2.71 bits per heavy atom. The maximum atomic E-state index is 11.8. The lowest BCUT2D eigenvalue weighted by atomic mass is 10.2. The third-order valence-electron chi connectivity index (χ3n) is 2.74. The van der Waals surface area contributed by atoms with E-state index in [1.165, 1.54) is 30.5 Å². The fraction of sp³-hybridized carbons (Fsp3) is 0.0667. The highest BCUT2D eigenvalue weighted by atomic mass is 16.6. The molecule has 0 bridgehead atoms. The van der Waals surface area contributed by atoms with Crippen LogP contribution < -0.4 is 5.43 Å². The van der Waals surface area contributed by atoms with Gasteiger partial charge in [-0.2, -0.15) is 5.10 Å². The lowest BCUT2D eigenvalue weighted by Gasteiger charge is -2.00. The Bertz CT molecular complexity index is 711. The van der Waals surface area contributed by atoms with Crippen molar-refractivity contribution in [2.75, 3.05) is 0 Å². The molecule has 0 aromatic heterocycles. The number of non-ortho nitro benzene ring substituents is 1. The number of carbonyl (C=O) groups is 1. The zero-order chi connectivity index (χ0) is 15.2. The van der Waals surface area contributed by atoms with Crippen LogP contribution in [0.2, 0.25) is 0 Å². The van der Waals surface area contributed by atoms with Crippen LogP contribution in [-0.4, -0.2) is 17.0 Å². The quantitative estimate of drug-likeness (QED) is 0.532. The van der Waals surface area contributed by atoms with Gasteiger partial charge in [0.2, 0.25) is 0 Å². The van der Waals surface area contributed by atoms with E-state index < -0.39 is 10.8 Å². The van der Waals surface area contributed by atoms with Gasteiger partial charge in [-0.3, -0.25) is 14.9 Å². The highest BCUT2D eigenvalue weighted by Crippen LogP contribution is 2.12. The molecule has 2 aromatic carbocycles. The number of carbonyl (C=O) groups excluding carboxylic acids is 1. The van der Waals surface area contributed by atoms with E-state index in [4.69, 9.17) is 0 Å². The molecular formula is C15H13N3O3. The monoisotopic (exact) mass is 283 g/mol. The number of rotatable bonds is 4. The molecule has 0 fully saturated rings. The van der Waals surface area contributed by atoms with E-state index in [1.54, 1.807) is 0 Å². The molecule has 0 aliphatic heterocycles. The normalized spacial score (nSPS) is 10.5. The zero-order valence-electron chi connectivity index (χ0n) is 11.3. The van der Waals surface area contributed by atoms with Crippen LogP contribution in [0.5, 0.6) is 0 Å². The van der Waals surface area contributed by atoms with Gasteiger partial charge < -0.3 is 0 Å². The fourth-order valence-electron chi connectivity index (χ4n) is 1.74. The van der Waals surface area contributed by atoms with E-state index in [0.29, 0.717) is 0 Å². The molecule has 6 heteroatoms. The first kappa shape index (κ1) is 14.4. The predicted octanol–water partition coefficient (Wildman–Crippen LogP) is 2.67. The van der Waals surface area contributed by atoms with Crippen molar-refractivity contribution in [2.45, 2.75) is 6.92 Å². The van der Waals surface area contributed by atoms with E-state index in [-0.39, 0.29) is 11.3 Å². The Balaban J connectivity index is 2.05. The molecule has 2 rings (SSSR count). The second kappa shape index (κ2) is 6.42. The average Bonchev–Trinajstić information content (AvgIpc) is 2.47. The molecule has 2 aromatic rings. The van der Waals surface area contributed by atoms with E-state index >= 15 is 0 Å². The minimum absolute atomic E-state index is 0.134. The summed E-state index contributed by atoms with van der Waals surface area (Å²) in [6, 6.07) is 13.1. The Kier molecular flexibility index (Phi) is 4.40. The fourth-order valence-corrected chi connectivity index (χ4v) is 1.74. The number of hydrogen-bond donors (Lipinski definition) is 1. The van der Waals surface area contributed by atoms with Crippen molar-refractivity contribution in [1.29, 1.82) is 0 Å². The number of hydrazone groups is 1. The van der Waals surface area contributed by atoms with Crippen LogP contribution in [0, 0.1) is 17.0 Å². The highest BCUT2D eigenvalue weighted by Gasteiger charge is 2.10. The molecule has 0 radical (unpaired) electrons. The van der Waals surface area contributed by atoms with Gasteiger partial charge in [0.25, 0.3) is 11.6 Å². The number of hydrogen-bond acceptors (Lipinski definition) is 4. The number of amides is 1. The summed E-state index contributed by atoms with van der Waals surface area (Å²) in [5.41, 5.74) is 4.34. The molecule has 106 valence electrons. The first-order valence-electron chi connectivity index (χ1n) is 6.21. The third kappa shape index (κ3) is 3.97. The van der Waals surface area contributed by atoms with Crippen molar-refractivity contribution in [3.8, 4) is 0 Å². The topological polar surface area (TPSA) is 84.6 Å². The van der Waals surface area contributed by atoms with Crippen molar-refractivity contribution in [3.63, 3.8) is 0 Å². The molecular weight excluding hydrogens is 270 g/mol. The lowest BCUT2D eigenvalue weighted by Crippen LogP contribution is -2.17. The molecule has 1 N–H and O–H groups in total. The van der Waals surface area contributed by atoms with Crippen LogP contribution in [0.1, 0.15) is 21.5 Å². The summed E-state index contributed by atoms with van der Waals surface area (Å²) in [7, 11) is 0. The van der Waals surface area contributed by atoms with Crippen LogP contribution in [-0.2, 0) is 0 Å². The van der Waals surface area contributed by atoms with Gasteiger partial charge in [-0.1, -0.05) is 35.9 Å². The summed E-state index contributed by atoms with van der Waals surface area (Å²) in [4.78, 5) is 21.9. The maximum Gasteiger partial charge on any atom is 0.271 e. The number of benzene rings is 2. The van der Waals surface area contributed by atoms with Crippen molar-refractivity contribution >= 4 is 17.8 Å². The first-order chi connectivity index (χ1) is 10.1. The maximum absolute atomic E-state index is 11.8. The third-order valence-corrected chi connectivity index (χ3v) is 2.74. The number of aryl methyl sites for hydroxylation is 1. The summed E-state index contributed by atoms with van der Waals surface area (Å²) >= 11 is 0. The number of nitrogens with one attached hydrogen (secondary N) is 1. The van der Waals surface area contributed by atoms with Crippen LogP contribution in [0.4, 0.5) is 5.69 Å². The van der Waals surface area contributed by atoms with Gasteiger partial charge in [0, 0.05) is 17.7 Å². The van der Waals surface area contributed by atoms with E-state index in [9.17, 15) is 14.9 Å². The number of nitro groups is 1. The van der Waals surface area contributed by atoms with Crippen LogP contribution in [0.25, 0.3) is 0 Å². The molecule has 0 saturated carbocycles. The van der Waals surface area contributed by atoms with Crippen molar-refractivity contribution < 1.29 is 9.72 Å². The lowest BCUT2D eigenvalue weighted by molar-refractivity contribution is -0.384. The van der Waals surface area contributed by atoms with Gasteiger partial charge in [-0.05, 0) is 18.6 Å². The molecule has 0 spiro atoms. The van der Waals surface area contributed by atoms with Gasteiger partial charge in [0.1, 0.15) is 0 Å². The van der Waals surface area contributed by atoms with Crippen molar-refractivity contribution in [1.82, 2.24) is 5.43 Å². The Morgan fingerprint density at radius 1 is 1.24 bits per heavy atom. The average molecular weight is 283 g/mol. The van der Waals surface area contributed by atoms with Crippen LogP contribution in [0.15, 0.2) is 53.6 Å². The summed E-state index contributed by atoms with van der Waals surface area (Å²) in [5, 5.41) is 14.5. The van der Waals surface area contributed by atoms with E-state index in [2.05, 4.69) is 10.5 Å². The van der Waals surface area contributed by atoms with Crippen molar-refractivity contribution in [3.05, 3.63) is 75.3 Å². The highest BCUT2D eigenvalue weighted by molar-refractivity contribution is 5.95. The van der Waals surface area contributed by atoms with Crippen LogP contribution >= 0.6 is 0 Å². The molecule has 0 aliphatic rings. The summed E-state index contributed by atoms with van der Waals surface area (Å²) in [5.74, 6) is -0.498. The molecule has 0 aliphatic carbocycles. The summed E-state index contributed by atoms with van der Waals surface area (Å²) < 4.78 is 0. The zero-order valence-corrected chi connectivity index (χ0v) is 11.3. The molecule has 0 unspecified atom stereocenters. The van der Waals surface area contributed by atoms with Gasteiger partial charge >= 0.3 is 0 Å². The Morgan fingerprint density at radius 2 is 2.00 bits per heavy atom. The summed E-state index contributed by atoms with van der Waals surface area (Å²) in [6.45, 7) is 1.96. The van der Waals surface area contributed by atoms with Gasteiger partial charge in [-0.15, -0.1) is 0 Å². The van der Waals surface area contributed by atoms with Crippen molar-refractivity contribution in [2.24, 2.45) is 5.10 Å². The van der Waals surface area contributed by atoms with Gasteiger partial charge in [0.05, 0.1) is 11.1 Å². The van der Waals surface area contributed by atoms with Gasteiger partial charge in [-0.25, -0.2) is 5.43 Å². The number of nitrogens with zero attached hydrogens (tertiary/aromatic N) is 2. The Hall–Kier alpha value is -3.02. The second-order valence-corrected chi connectivity index (χ2v) is 4.42. The number of nitro benzene ring substituents is 1. The molecule has 0 atom stereocenters. The molecule has 0 heterocycles.